The van der Waals surface area contributed by atoms with Gasteiger partial charge in [0.25, 0.3) is 0 Å². The molecule has 0 unspecified atom stereocenters. The second kappa shape index (κ2) is 6.07. The molecule has 0 saturated heterocycles. The standard InChI is InChI=1S/C15H14BrN5O/c16-10-3-1-2-9(6-10)8-18-15(22)19-11-4-5-13-12(7-11)14(17)21-20-13/h1-7H,8H2,(H3,17,20,21)(H2,18,19,22). The summed E-state index contributed by atoms with van der Waals surface area (Å²) >= 11 is 3.40. The van der Waals surface area contributed by atoms with Crippen LogP contribution in [0.3, 0.4) is 0 Å². The fraction of sp³-hybridized carbons (Fsp3) is 0.0667. The Labute approximate surface area is 135 Å². The number of H-pyrrole nitrogens is 1. The predicted molar refractivity (Wildman–Crippen MR) is 90.5 cm³/mol. The number of halogens is 1. The molecule has 0 aliphatic rings. The van der Waals surface area contributed by atoms with Gasteiger partial charge in [-0.3, -0.25) is 5.10 Å². The summed E-state index contributed by atoms with van der Waals surface area (Å²) in [5.74, 6) is 0.410. The molecule has 112 valence electrons. The van der Waals surface area contributed by atoms with E-state index in [0.29, 0.717) is 18.1 Å². The minimum absolute atomic E-state index is 0.276. The number of carbonyl (C=O) groups is 1. The van der Waals surface area contributed by atoms with Crippen LogP contribution < -0.4 is 16.4 Å². The molecule has 7 heteroatoms. The molecule has 1 heterocycles. The third kappa shape index (κ3) is 3.20. The van der Waals surface area contributed by atoms with E-state index in [-0.39, 0.29) is 6.03 Å². The number of nitrogen functional groups attached to an aromatic ring is 1. The van der Waals surface area contributed by atoms with Crippen LogP contribution in [0.2, 0.25) is 0 Å². The molecule has 0 radical (unpaired) electrons. The van der Waals surface area contributed by atoms with Crippen LogP contribution in [0.15, 0.2) is 46.9 Å². The van der Waals surface area contributed by atoms with E-state index < -0.39 is 0 Å². The van der Waals surface area contributed by atoms with Gasteiger partial charge < -0.3 is 16.4 Å². The zero-order valence-corrected chi connectivity index (χ0v) is 13.1. The van der Waals surface area contributed by atoms with Gasteiger partial charge in [0.1, 0.15) is 0 Å². The molecule has 2 amide bonds. The number of nitrogens with one attached hydrogen (secondary N) is 3. The average Bonchev–Trinajstić information content (AvgIpc) is 2.87. The molecule has 3 rings (SSSR count). The van der Waals surface area contributed by atoms with Gasteiger partial charge in [-0.25, -0.2) is 4.79 Å². The maximum Gasteiger partial charge on any atom is 0.319 e. The van der Waals surface area contributed by atoms with Crippen LogP contribution in [-0.2, 0) is 6.54 Å². The molecule has 2 aromatic carbocycles. The normalized spacial score (nSPS) is 10.6. The third-order valence-corrected chi connectivity index (χ3v) is 3.69. The van der Waals surface area contributed by atoms with Crippen molar-refractivity contribution in [3.05, 3.63) is 52.5 Å². The van der Waals surface area contributed by atoms with Crippen LogP contribution >= 0.6 is 15.9 Å². The Morgan fingerprint density at radius 3 is 2.95 bits per heavy atom. The highest BCUT2D eigenvalue weighted by molar-refractivity contribution is 9.10. The Morgan fingerprint density at radius 2 is 2.14 bits per heavy atom. The van der Waals surface area contributed by atoms with Gasteiger partial charge in [0, 0.05) is 22.1 Å². The average molecular weight is 360 g/mol. The molecule has 6 nitrogen and oxygen atoms in total. The summed E-state index contributed by atoms with van der Waals surface area (Å²) < 4.78 is 0.980. The SMILES string of the molecule is Nc1n[nH]c2ccc(NC(=O)NCc3cccc(Br)c3)cc12. The summed E-state index contributed by atoms with van der Waals surface area (Å²) in [7, 11) is 0. The van der Waals surface area contributed by atoms with E-state index in [0.717, 1.165) is 20.9 Å². The molecule has 1 aromatic heterocycles. The van der Waals surface area contributed by atoms with Crippen molar-refractivity contribution in [1.82, 2.24) is 15.5 Å². The van der Waals surface area contributed by atoms with Crippen LogP contribution in [0.5, 0.6) is 0 Å². The topological polar surface area (TPSA) is 95.8 Å². The fourth-order valence-corrected chi connectivity index (χ4v) is 2.56. The second-order valence-electron chi connectivity index (χ2n) is 4.81. The lowest BCUT2D eigenvalue weighted by atomic mass is 10.2. The van der Waals surface area contributed by atoms with Crippen molar-refractivity contribution < 1.29 is 4.79 Å². The number of anilines is 2. The lowest BCUT2D eigenvalue weighted by molar-refractivity contribution is 0.251. The maximum absolute atomic E-state index is 11.9. The smallest absolute Gasteiger partial charge is 0.319 e. The van der Waals surface area contributed by atoms with E-state index in [4.69, 9.17) is 5.73 Å². The Kier molecular flexibility index (Phi) is 3.97. The van der Waals surface area contributed by atoms with Gasteiger partial charge in [-0.15, -0.1) is 0 Å². The Bertz CT molecular complexity index is 830. The Morgan fingerprint density at radius 1 is 1.27 bits per heavy atom. The van der Waals surface area contributed by atoms with Crippen molar-refractivity contribution in [3.8, 4) is 0 Å². The number of fused-ring (bicyclic) bond motifs is 1. The van der Waals surface area contributed by atoms with Gasteiger partial charge in [0.15, 0.2) is 5.82 Å². The van der Waals surface area contributed by atoms with E-state index in [1.165, 1.54) is 0 Å². The number of amides is 2. The highest BCUT2D eigenvalue weighted by Gasteiger charge is 2.06. The highest BCUT2D eigenvalue weighted by Crippen LogP contribution is 2.21. The van der Waals surface area contributed by atoms with Gasteiger partial charge in [-0.1, -0.05) is 28.1 Å². The monoisotopic (exact) mass is 359 g/mol. The van der Waals surface area contributed by atoms with Gasteiger partial charge >= 0.3 is 6.03 Å². The minimum atomic E-state index is -0.276. The van der Waals surface area contributed by atoms with Crippen molar-refractivity contribution in [1.29, 1.82) is 0 Å². The summed E-state index contributed by atoms with van der Waals surface area (Å²) in [5.41, 5.74) is 8.25. The number of benzene rings is 2. The molecule has 22 heavy (non-hydrogen) atoms. The van der Waals surface area contributed by atoms with Gasteiger partial charge in [0.2, 0.25) is 0 Å². The van der Waals surface area contributed by atoms with Crippen molar-refractivity contribution in [3.63, 3.8) is 0 Å². The molecular weight excluding hydrogens is 346 g/mol. The van der Waals surface area contributed by atoms with E-state index in [1.807, 2.05) is 30.3 Å². The summed E-state index contributed by atoms with van der Waals surface area (Å²) in [6, 6.07) is 12.9. The van der Waals surface area contributed by atoms with E-state index in [2.05, 4.69) is 36.8 Å². The summed E-state index contributed by atoms with van der Waals surface area (Å²) in [4.78, 5) is 11.9. The highest BCUT2D eigenvalue weighted by atomic mass is 79.9. The van der Waals surface area contributed by atoms with E-state index in [1.54, 1.807) is 12.1 Å². The first kappa shape index (κ1) is 14.4. The summed E-state index contributed by atoms with van der Waals surface area (Å²) in [6.07, 6.45) is 0. The van der Waals surface area contributed by atoms with Crippen LogP contribution in [0, 0.1) is 0 Å². The first-order valence-corrected chi connectivity index (χ1v) is 7.44. The minimum Gasteiger partial charge on any atom is -0.382 e. The van der Waals surface area contributed by atoms with E-state index in [9.17, 15) is 4.79 Å². The number of nitrogens with two attached hydrogens (primary N) is 1. The zero-order chi connectivity index (χ0) is 15.5. The largest absolute Gasteiger partial charge is 0.382 e. The number of aromatic amines is 1. The first-order valence-electron chi connectivity index (χ1n) is 6.65. The molecule has 0 aliphatic heterocycles. The maximum atomic E-state index is 11.9. The first-order chi connectivity index (χ1) is 10.6. The van der Waals surface area contributed by atoms with Crippen molar-refractivity contribution in [2.45, 2.75) is 6.54 Å². The molecule has 5 N–H and O–H groups in total. The molecule has 3 aromatic rings. The number of aromatic nitrogens is 2. The molecule has 0 fully saturated rings. The summed E-state index contributed by atoms with van der Waals surface area (Å²) in [5, 5.41) is 13.1. The van der Waals surface area contributed by atoms with Crippen molar-refractivity contribution in [2.75, 3.05) is 11.1 Å². The number of hydrogen-bond acceptors (Lipinski definition) is 3. The zero-order valence-electron chi connectivity index (χ0n) is 11.6. The number of carbonyl (C=O) groups excluding carboxylic acids is 1. The lowest BCUT2D eigenvalue weighted by Crippen LogP contribution is -2.28. The van der Waals surface area contributed by atoms with Crippen LogP contribution in [0.1, 0.15) is 5.56 Å². The molecule has 0 bridgehead atoms. The van der Waals surface area contributed by atoms with Gasteiger partial charge in [-0.05, 0) is 35.9 Å². The van der Waals surface area contributed by atoms with Gasteiger partial charge in [0.05, 0.1) is 5.52 Å². The fourth-order valence-electron chi connectivity index (χ4n) is 2.12. The number of urea groups is 1. The molecular formula is C15H14BrN5O. The van der Waals surface area contributed by atoms with Crippen LogP contribution in [0.25, 0.3) is 10.9 Å². The lowest BCUT2D eigenvalue weighted by Gasteiger charge is -2.08. The van der Waals surface area contributed by atoms with Crippen LogP contribution in [0.4, 0.5) is 16.3 Å². The summed E-state index contributed by atoms with van der Waals surface area (Å²) in [6.45, 7) is 0.446. The number of nitrogens with zero attached hydrogens (tertiary/aromatic N) is 1. The predicted octanol–water partition coefficient (Wildman–Crippen LogP) is 3.23. The second-order valence-corrected chi connectivity index (χ2v) is 5.72. The molecule has 0 atom stereocenters. The van der Waals surface area contributed by atoms with Crippen LogP contribution in [-0.4, -0.2) is 16.2 Å². The molecule has 0 aliphatic carbocycles. The van der Waals surface area contributed by atoms with Crippen molar-refractivity contribution >= 4 is 44.4 Å². The van der Waals surface area contributed by atoms with Crippen molar-refractivity contribution in [2.24, 2.45) is 0 Å². The Balaban J connectivity index is 1.64. The molecule has 0 saturated carbocycles. The third-order valence-electron chi connectivity index (χ3n) is 3.19. The number of hydrogen-bond donors (Lipinski definition) is 4. The van der Waals surface area contributed by atoms with Gasteiger partial charge in [-0.2, -0.15) is 5.10 Å². The van der Waals surface area contributed by atoms with E-state index >= 15 is 0 Å². The quantitative estimate of drug-likeness (QED) is 0.577. The molecule has 0 spiro atoms. The number of rotatable bonds is 3. The Hall–Kier alpha value is -2.54.